The maximum absolute atomic E-state index is 10.7. The largest absolute Gasteiger partial charge is 0.468 e. The summed E-state index contributed by atoms with van der Waals surface area (Å²) in [5, 5.41) is -0.959. The van der Waals surface area contributed by atoms with Crippen LogP contribution in [-0.2, 0) is 9.53 Å². The second kappa shape index (κ2) is 4.14. The molecule has 0 aliphatic heterocycles. The number of methoxy groups -OCH3 is 1. The van der Waals surface area contributed by atoms with Gasteiger partial charge in [0.05, 0.1) is 7.11 Å². The number of hydrogen-bond donors (Lipinski definition) is 0. The highest BCUT2D eigenvalue weighted by molar-refractivity contribution is 9.26. The molecule has 60 valence electrons. The number of rotatable bonds is 2. The van der Waals surface area contributed by atoms with Crippen LogP contribution in [0.15, 0.2) is 0 Å². The van der Waals surface area contributed by atoms with Gasteiger partial charge in [-0.1, -0.05) is 43.5 Å². The molecule has 0 bridgehead atoms. The molecule has 0 rings (SSSR count). The Morgan fingerprint density at radius 3 is 2.20 bits per heavy atom. The normalized spacial score (nSPS) is 14.5. The third-order valence-corrected chi connectivity index (χ3v) is 2.97. The molecular formula is C4H4Br2Cl2O2. The number of halogens is 4. The van der Waals surface area contributed by atoms with E-state index < -0.39 is 14.0 Å². The smallest absolute Gasteiger partial charge is 0.327 e. The number of ether oxygens (including phenoxy) is 1. The Kier molecular flexibility index (Phi) is 4.56. The third-order valence-electron chi connectivity index (χ3n) is 0.696. The second-order valence-corrected chi connectivity index (χ2v) is 6.94. The van der Waals surface area contributed by atoms with Crippen molar-refractivity contribution in [1.29, 1.82) is 0 Å². The van der Waals surface area contributed by atoms with Crippen LogP contribution in [0.25, 0.3) is 0 Å². The van der Waals surface area contributed by atoms with Crippen molar-refractivity contribution in [2.75, 3.05) is 7.11 Å². The molecule has 0 aliphatic rings. The van der Waals surface area contributed by atoms with Crippen LogP contribution < -0.4 is 0 Å². The Hall–Kier alpha value is 1.01. The van der Waals surface area contributed by atoms with Crippen LogP contribution in [0.5, 0.6) is 0 Å². The van der Waals surface area contributed by atoms with Crippen LogP contribution in [0.3, 0.4) is 0 Å². The van der Waals surface area contributed by atoms with Gasteiger partial charge in [-0.3, -0.25) is 4.79 Å². The minimum atomic E-state index is -1.13. The van der Waals surface area contributed by atoms with Crippen LogP contribution in [0, 0.1) is 0 Å². The fourth-order valence-corrected chi connectivity index (χ4v) is 0.789. The molecule has 0 saturated heterocycles. The lowest BCUT2D eigenvalue weighted by atomic mass is 10.5. The van der Waals surface area contributed by atoms with Gasteiger partial charge >= 0.3 is 5.97 Å². The zero-order chi connectivity index (χ0) is 8.36. The van der Waals surface area contributed by atoms with E-state index in [1.54, 1.807) is 0 Å². The zero-order valence-electron chi connectivity index (χ0n) is 4.91. The lowest BCUT2D eigenvalue weighted by Crippen LogP contribution is -2.28. The molecule has 0 aromatic carbocycles. The molecule has 1 unspecified atom stereocenters. The quantitative estimate of drug-likeness (QED) is 0.578. The summed E-state index contributed by atoms with van der Waals surface area (Å²) < 4.78 is 3.19. The topological polar surface area (TPSA) is 26.3 Å². The molecule has 0 aromatic heterocycles. The first kappa shape index (κ1) is 11.0. The average molecular weight is 315 g/mol. The van der Waals surface area contributed by atoms with Crippen LogP contribution in [0.2, 0.25) is 0 Å². The van der Waals surface area contributed by atoms with Crippen LogP contribution in [-0.4, -0.2) is 21.1 Å². The molecule has 1 atom stereocenters. The zero-order valence-corrected chi connectivity index (χ0v) is 9.59. The van der Waals surface area contributed by atoms with Gasteiger partial charge in [0, 0.05) is 0 Å². The molecule has 10 heavy (non-hydrogen) atoms. The Morgan fingerprint density at radius 1 is 1.70 bits per heavy atom. The van der Waals surface area contributed by atoms with Crippen molar-refractivity contribution in [2.45, 2.75) is 8.07 Å². The predicted octanol–water partition coefficient (Wildman–Crippen LogP) is 2.45. The molecular weight excluding hydrogens is 311 g/mol. The highest BCUT2D eigenvalue weighted by Gasteiger charge is 2.36. The molecule has 0 heterocycles. The van der Waals surface area contributed by atoms with Crippen molar-refractivity contribution in [3.05, 3.63) is 0 Å². The van der Waals surface area contributed by atoms with Gasteiger partial charge < -0.3 is 4.74 Å². The highest BCUT2D eigenvalue weighted by atomic mass is 79.9. The predicted molar refractivity (Wildman–Crippen MR) is 48.1 cm³/mol. The summed E-state index contributed by atoms with van der Waals surface area (Å²) in [5.41, 5.74) is 0. The first-order valence-corrected chi connectivity index (χ1v) is 4.58. The van der Waals surface area contributed by atoms with Gasteiger partial charge in [-0.2, -0.15) is 0 Å². The van der Waals surface area contributed by atoms with Gasteiger partial charge in [0.1, 0.15) is 0 Å². The van der Waals surface area contributed by atoms with E-state index in [0.717, 1.165) is 0 Å². The van der Waals surface area contributed by atoms with Gasteiger partial charge in [0.25, 0.3) is 0 Å². The average Bonchev–Trinajstić information content (AvgIpc) is 1.83. The van der Waals surface area contributed by atoms with E-state index >= 15 is 0 Å². The van der Waals surface area contributed by atoms with Crippen molar-refractivity contribution >= 4 is 61.0 Å². The first-order valence-electron chi connectivity index (χ1n) is 2.18. The number of esters is 1. The molecule has 6 heteroatoms. The minimum absolute atomic E-state index is 0.592. The second-order valence-electron chi connectivity index (χ2n) is 1.43. The summed E-state index contributed by atoms with van der Waals surface area (Å²) in [6.45, 7) is 0. The maximum atomic E-state index is 10.7. The fraction of sp³-hybridized carbons (Fsp3) is 0.750. The first-order chi connectivity index (χ1) is 4.39. The number of carbonyl (C=O) groups excluding carboxylic acids is 1. The Morgan fingerprint density at radius 2 is 2.10 bits per heavy atom. The van der Waals surface area contributed by atoms with E-state index in [1.165, 1.54) is 7.11 Å². The Bertz CT molecular complexity index is 134. The standard InChI is InChI=1S/C4H4Br2Cl2O2/c1-10-3(9)2(7)4(5,6)8/h2H,1H3. The van der Waals surface area contributed by atoms with Crippen molar-refractivity contribution in [1.82, 2.24) is 0 Å². The Balaban J connectivity index is 4.08. The van der Waals surface area contributed by atoms with E-state index in [1.807, 2.05) is 0 Å². The molecule has 0 fully saturated rings. The molecule has 0 saturated carbocycles. The van der Waals surface area contributed by atoms with Crippen molar-refractivity contribution in [3.8, 4) is 0 Å². The van der Waals surface area contributed by atoms with Crippen LogP contribution >= 0.6 is 55.1 Å². The molecule has 2 nitrogen and oxygen atoms in total. The van der Waals surface area contributed by atoms with Crippen LogP contribution in [0.4, 0.5) is 0 Å². The van der Waals surface area contributed by atoms with Gasteiger partial charge in [-0.25, -0.2) is 0 Å². The van der Waals surface area contributed by atoms with E-state index in [9.17, 15) is 4.79 Å². The summed E-state index contributed by atoms with van der Waals surface area (Å²) in [6, 6.07) is 0. The van der Waals surface area contributed by atoms with E-state index in [-0.39, 0.29) is 0 Å². The molecule has 0 aromatic rings. The van der Waals surface area contributed by atoms with E-state index in [0.29, 0.717) is 0 Å². The molecule has 0 spiro atoms. The van der Waals surface area contributed by atoms with Gasteiger partial charge in [-0.15, -0.1) is 11.6 Å². The molecule has 0 amide bonds. The van der Waals surface area contributed by atoms with Gasteiger partial charge in [0.15, 0.2) is 8.07 Å². The van der Waals surface area contributed by atoms with Crippen molar-refractivity contribution < 1.29 is 9.53 Å². The van der Waals surface area contributed by atoms with Gasteiger partial charge in [-0.05, 0) is 0 Å². The maximum Gasteiger partial charge on any atom is 0.327 e. The fourth-order valence-electron chi connectivity index (χ4n) is 0.237. The summed E-state index contributed by atoms with van der Waals surface area (Å²) in [4.78, 5) is 10.7. The van der Waals surface area contributed by atoms with E-state index in [2.05, 4.69) is 36.6 Å². The monoisotopic (exact) mass is 312 g/mol. The molecule has 0 N–H and O–H groups in total. The summed E-state index contributed by atoms with van der Waals surface area (Å²) in [7, 11) is 1.24. The Labute approximate surface area is 85.5 Å². The molecule has 0 radical (unpaired) electrons. The number of hydrogen-bond acceptors (Lipinski definition) is 2. The van der Waals surface area contributed by atoms with Crippen molar-refractivity contribution in [3.63, 3.8) is 0 Å². The highest BCUT2D eigenvalue weighted by Crippen LogP contribution is 2.38. The number of alkyl halides is 4. The number of carbonyl (C=O) groups is 1. The summed E-state index contributed by atoms with van der Waals surface area (Å²) in [5.74, 6) is -0.592. The summed E-state index contributed by atoms with van der Waals surface area (Å²) in [6.07, 6.45) is 0. The third kappa shape index (κ3) is 3.42. The summed E-state index contributed by atoms with van der Waals surface area (Å²) >= 11 is 16.9. The van der Waals surface area contributed by atoms with Crippen molar-refractivity contribution in [2.24, 2.45) is 0 Å². The SMILES string of the molecule is COC(=O)C(Cl)C(Cl)(Br)Br. The van der Waals surface area contributed by atoms with Gasteiger partial charge in [0.2, 0.25) is 0 Å². The van der Waals surface area contributed by atoms with E-state index in [4.69, 9.17) is 23.2 Å². The van der Waals surface area contributed by atoms with Crippen LogP contribution in [0.1, 0.15) is 0 Å². The molecule has 0 aliphatic carbocycles. The minimum Gasteiger partial charge on any atom is -0.468 e. The lowest BCUT2D eigenvalue weighted by Gasteiger charge is -2.15. The lowest BCUT2D eigenvalue weighted by molar-refractivity contribution is -0.139.